The van der Waals surface area contributed by atoms with Gasteiger partial charge in [0.1, 0.15) is 16.9 Å². The molecule has 0 fully saturated rings. The third-order valence-corrected chi connectivity index (χ3v) is 4.02. The fourth-order valence-electron chi connectivity index (χ4n) is 2.37. The van der Waals surface area contributed by atoms with Crippen LogP contribution >= 0.6 is 11.6 Å². The third kappa shape index (κ3) is 6.09. The molecule has 0 spiro atoms. The topological polar surface area (TPSA) is 35.5 Å². The zero-order valence-corrected chi connectivity index (χ0v) is 15.8. The van der Waals surface area contributed by atoms with Crippen LogP contribution in [0.3, 0.4) is 0 Å². The normalized spacial score (nSPS) is 12.0. The molecule has 0 bridgehead atoms. The number of hydrogen-bond donors (Lipinski definition) is 0. The number of rotatable bonds is 8. The number of halogens is 1. The Labute approximate surface area is 154 Å². The number of carbonyl (C=O) groups is 1. The molecule has 134 valence electrons. The first-order chi connectivity index (χ1) is 12.0. The van der Waals surface area contributed by atoms with Gasteiger partial charge in [-0.1, -0.05) is 45.0 Å². The summed E-state index contributed by atoms with van der Waals surface area (Å²) >= 11 is 6.07. The van der Waals surface area contributed by atoms with Crippen LogP contribution in [0.2, 0.25) is 0 Å². The SMILES string of the molecule is CCCOc1ccc(-c2ccc(OC(=O)C(Cl)CC(C)C)cc2)cc1. The predicted molar refractivity (Wildman–Crippen MR) is 102 cm³/mol. The fourth-order valence-corrected chi connectivity index (χ4v) is 2.77. The Hall–Kier alpha value is -2.00. The molecule has 0 heterocycles. The summed E-state index contributed by atoms with van der Waals surface area (Å²) in [5.74, 6) is 1.32. The molecule has 0 aliphatic rings. The molecular weight excluding hydrogens is 336 g/mol. The average Bonchev–Trinajstić information content (AvgIpc) is 2.60. The summed E-state index contributed by atoms with van der Waals surface area (Å²) in [7, 11) is 0. The molecule has 2 aromatic carbocycles. The lowest BCUT2D eigenvalue weighted by molar-refractivity contribution is -0.134. The highest BCUT2D eigenvalue weighted by molar-refractivity contribution is 6.30. The van der Waals surface area contributed by atoms with Gasteiger partial charge in [0.15, 0.2) is 0 Å². The standard InChI is InChI=1S/C21H25ClO3/c1-4-13-24-18-9-5-16(6-10-18)17-7-11-19(12-8-17)25-21(23)20(22)14-15(2)3/h5-12,15,20H,4,13-14H2,1-3H3. The van der Waals surface area contributed by atoms with E-state index in [0.717, 1.165) is 29.9 Å². The highest BCUT2D eigenvalue weighted by atomic mass is 35.5. The Morgan fingerprint density at radius 3 is 1.96 bits per heavy atom. The molecule has 3 nitrogen and oxygen atoms in total. The van der Waals surface area contributed by atoms with E-state index in [-0.39, 0.29) is 0 Å². The number of carbonyl (C=O) groups excluding carboxylic acids is 1. The molecule has 0 saturated heterocycles. The largest absolute Gasteiger partial charge is 0.494 e. The molecule has 25 heavy (non-hydrogen) atoms. The smallest absolute Gasteiger partial charge is 0.329 e. The van der Waals surface area contributed by atoms with E-state index in [0.29, 0.717) is 18.1 Å². The summed E-state index contributed by atoms with van der Waals surface area (Å²) < 4.78 is 10.9. The minimum absolute atomic E-state index is 0.349. The zero-order valence-electron chi connectivity index (χ0n) is 15.0. The minimum atomic E-state index is -0.615. The number of benzene rings is 2. The lowest BCUT2D eigenvalue weighted by Gasteiger charge is -2.12. The molecule has 2 aromatic rings. The maximum atomic E-state index is 12.0. The molecule has 0 aromatic heterocycles. The molecule has 0 radical (unpaired) electrons. The molecule has 1 unspecified atom stereocenters. The zero-order chi connectivity index (χ0) is 18.2. The van der Waals surface area contributed by atoms with Crippen molar-refractivity contribution < 1.29 is 14.3 Å². The van der Waals surface area contributed by atoms with Crippen LogP contribution in [0.25, 0.3) is 11.1 Å². The van der Waals surface area contributed by atoms with Crippen LogP contribution in [0, 0.1) is 5.92 Å². The summed E-state index contributed by atoms with van der Waals surface area (Å²) in [6.45, 7) is 6.85. The summed E-state index contributed by atoms with van der Waals surface area (Å²) in [6, 6.07) is 15.4. The van der Waals surface area contributed by atoms with E-state index in [9.17, 15) is 4.79 Å². The Morgan fingerprint density at radius 2 is 1.48 bits per heavy atom. The molecule has 0 N–H and O–H groups in total. The first kappa shape index (κ1) is 19.3. The van der Waals surface area contributed by atoms with Crippen molar-refractivity contribution in [2.75, 3.05) is 6.61 Å². The van der Waals surface area contributed by atoms with Crippen molar-refractivity contribution in [3.8, 4) is 22.6 Å². The second-order valence-corrected chi connectivity index (χ2v) is 6.94. The second-order valence-electron chi connectivity index (χ2n) is 6.42. The van der Waals surface area contributed by atoms with E-state index in [2.05, 4.69) is 6.92 Å². The number of hydrogen-bond acceptors (Lipinski definition) is 3. The molecule has 0 amide bonds. The van der Waals surface area contributed by atoms with E-state index in [4.69, 9.17) is 21.1 Å². The fraction of sp³-hybridized carbons (Fsp3) is 0.381. The van der Waals surface area contributed by atoms with Gasteiger partial charge >= 0.3 is 5.97 Å². The van der Waals surface area contributed by atoms with Crippen LogP contribution in [0.15, 0.2) is 48.5 Å². The molecule has 2 rings (SSSR count). The van der Waals surface area contributed by atoms with Gasteiger partial charge in [0.2, 0.25) is 0 Å². The third-order valence-electron chi connectivity index (χ3n) is 3.67. The van der Waals surface area contributed by atoms with Crippen LogP contribution in [0.4, 0.5) is 0 Å². The van der Waals surface area contributed by atoms with E-state index < -0.39 is 11.3 Å². The van der Waals surface area contributed by atoms with E-state index in [1.807, 2.05) is 50.2 Å². The van der Waals surface area contributed by atoms with Gasteiger partial charge in [0.25, 0.3) is 0 Å². The van der Waals surface area contributed by atoms with Crippen LogP contribution in [0.1, 0.15) is 33.6 Å². The minimum Gasteiger partial charge on any atom is -0.494 e. The lowest BCUT2D eigenvalue weighted by atomic mass is 10.1. The molecule has 0 aliphatic heterocycles. The van der Waals surface area contributed by atoms with Crippen molar-refractivity contribution >= 4 is 17.6 Å². The Kier molecular flexibility index (Phi) is 7.32. The first-order valence-corrected chi connectivity index (χ1v) is 9.12. The lowest BCUT2D eigenvalue weighted by Crippen LogP contribution is -2.22. The van der Waals surface area contributed by atoms with Crippen LogP contribution < -0.4 is 9.47 Å². The Balaban J connectivity index is 1.98. The average molecular weight is 361 g/mol. The van der Waals surface area contributed by atoms with Crippen LogP contribution in [-0.4, -0.2) is 18.0 Å². The van der Waals surface area contributed by atoms with E-state index >= 15 is 0 Å². The highest BCUT2D eigenvalue weighted by Gasteiger charge is 2.19. The van der Waals surface area contributed by atoms with Gasteiger partial charge in [0, 0.05) is 0 Å². The van der Waals surface area contributed by atoms with Gasteiger partial charge in [-0.05, 0) is 54.2 Å². The maximum Gasteiger partial charge on any atom is 0.329 e. The van der Waals surface area contributed by atoms with Gasteiger partial charge < -0.3 is 9.47 Å². The van der Waals surface area contributed by atoms with Crippen molar-refractivity contribution in [3.63, 3.8) is 0 Å². The van der Waals surface area contributed by atoms with Gasteiger partial charge in [-0.2, -0.15) is 0 Å². The summed E-state index contributed by atoms with van der Waals surface area (Å²) in [6.07, 6.45) is 1.59. The molecule has 4 heteroatoms. The van der Waals surface area contributed by atoms with Gasteiger partial charge in [-0.15, -0.1) is 11.6 Å². The van der Waals surface area contributed by atoms with E-state index in [1.165, 1.54) is 0 Å². The number of alkyl halides is 1. The summed E-state index contributed by atoms with van der Waals surface area (Å²) in [5, 5.41) is -0.615. The Morgan fingerprint density at radius 1 is 0.960 bits per heavy atom. The van der Waals surface area contributed by atoms with Crippen LogP contribution in [-0.2, 0) is 4.79 Å². The first-order valence-electron chi connectivity index (χ1n) is 8.68. The predicted octanol–water partition coefficient (Wildman–Crippen LogP) is 5.70. The maximum absolute atomic E-state index is 12.0. The molecule has 1 atom stereocenters. The number of esters is 1. The van der Waals surface area contributed by atoms with Crippen molar-refractivity contribution in [2.45, 2.75) is 39.0 Å². The quantitative estimate of drug-likeness (QED) is 0.344. The second kappa shape index (κ2) is 9.47. The van der Waals surface area contributed by atoms with Crippen molar-refractivity contribution in [2.24, 2.45) is 5.92 Å². The summed E-state index contributed by atoms with van der Waals surface area (Å²) in [4.78, 5) is 12.0. The molecule has 0 saturated carbocycles. The van der Waals surface area contributed by atoms with E-state index in [1.54, 1.807) is 12.1 Å². The number of ether oxygens (including phenoxy) is 2. The van der Waals surface area contributed by atoms with Crippen molar-refractivity contribution in [1.29, 1.82) is 0 Å². The van der Waals surface area contributed by atoms with Gasteiger partial charge in [-0.25, -0.2) is 0 Å². The summed E-state index contributed by atoms with van der Waals surface area (Å²) in [5.41, 5.74) is 2.13. The van der Waals surface area contributed by atoms with Crippen molar-refractivity contribution in [1.82, 2.24) is 0 Å². The van der Waals surface area contributed by atoms with Crippen molar-refractivity contribution in [3.05, 3.63) is 48.5 Å². The van der Waals surface area contributed by atoms with Gasteiger partial charge in [0.05, 0.1) is 6.61 Å². The molecular formula is C21H25ClO3. The Bertz CT molecular complexity index is 663. The monoisotopic (exact) mass is 360 g/mol. The van der Waals surface area contributed by atoms with Gasteiger partial charge in [-0.3, -0.25) is 4.79 Å². The molecule has 0 aliphatic carbocycles. The highest BCUT2D eigenvalue weighted by Crippen LogP contribution is 2.25. The van der Waals surface area contributed by atoms with Crippen LogP contribution in [0.5, 0.6) is 11.5 Å².